The second kappa shape index (κ2) is 3.82. The molecule has 58 valence electrons. The number of allylic oxidation sites excluding steroid dienone is 3. The van der Waals surface area contributed by atoms with Crippen molar-refractivity contribution in [2.24, 2.45) is 5.41 Å². The molecule has 0 heterocycles. The van der Waals surface area contributed by atoms with E-state index in [1.807, 2.05) is 6.08 Å². The van der Waals surface area contributed by atoms with E-state index in [4.69, 9.17) is 11.6 Å². The highest BCUT2D eigenvalue weighted by Gasteiger charge is 2.10. The molecule has 0 bridgehead atoms. The molecule has 10 heavy (non-hydrogen) atoms. The SMILES string of the molecule is C=CC(Cl)=CC(C)(C)CC. The molecule has 0 nitrogen and oxygen atoms in total. The quantitative estimate of drug-likeness (QED) is 0.549. The number of rotatable bonds is 3. The minimum absolute atomic E-state index is 0.200. The summed E-state index contributed by atoms with van der Waals surface area (Å²) in [7, 11) is 0. The maximum atomic E-state index is 5.77. The molecule has 0 aliphatic carbocycles. The summed E-state index contributed by atoms with van der Waals surface area (Å²) in [6.07, 6.45) is 4.79. The fourth-order valence-corrected chi connectivity index (χ4v) is 0.830. The van der Waals surface area contributed by atoms with Crippen LogP contribution in [0.5, 0.6) is 0 Å². The van der Waals surface area contributed by atoms with Crippen molar-refractivity contribution in [1.29, 1.82) is 0 Å². The molecule has 0 aliphatic heterocycles. The second-order valence-corrected chi connectivity index (χ2v) is 3.51. The molecule has 0 aromatic heterocycles. The van der Waals surface area contributed by atoms with Crippen LogP contribution in [0.15, 0.2) is 23.8 Å². The fraction of sp³-hybridized carbons (Fsp3) is 0.556. The normalized spacial score (nSPS) is 13.4. The number of halogens is 1. The first-order valence-electron chi connectivity index (χ1n) is 3.52. The van der Waals surface area contributed by atoms with Crippen LogP contribution in [0.1, 0.15) is 27.2 Å². The molecular weight excluding hydrogens is 144 g/mol. The van der Waals surface area contributed by atoms with Crippen LogP contribution in [-0.4, -0.2) is 0 Å². The monoisotopic (exact) mass is 158 g/mol. The van der Waals surface area contributed by atoms with Crippen LogP contribution in [0.25, 0.3) is 0 Å². The van der Waals surface area contributed by atoms with Crippen molar-refractivity contribution in [3.05, 3.63) is 23.8 Å². The molecular formula is C9H15Cl. The third-order valence-electron chi connectivity index (χ3n) is 1.63. The third-order valence-corrected chi connectivity index (χ3v) is 1.90. The average Bonchev–Trinajstić information content (AvgIpc) is 1.87. The smallest absolute Gasteiger partial charge is 0.0365 e. The molecule has 0 saturated heterocycles. The van der Waals surface area contributed by atoms with Gasteiger partial charge in [0.2, 0.25) is 0 Å². The summed E-state index contributed by atoms with van der Waals surface area (Å²) in [4.78, 5) is 0. The Morgan fingerprint density at radius 1 is 1.60 bits per heavy atom. The van der Waals surface area contributed by atoms with Crippen molar-refractivity contribution in [2.75, 3.05) is 0 Å². The molecule has 0 atom stereocenters. The van der Waals surface area contributed by atoms with E-state index in [9.17, 15) is 0 Å². The van der Waals surface area contributed by atoms with Crippen LogP contribution in [0.4, 0.5) is 0 Å². The summed E-state index contributed by atoms with van der Waals surface area (Å²) in [5.41, 5.74) is 0.200. The topological polar surface area (TPSA) is 0 Å². The molecule has 0 spiro atoms. The summed E-state index contributed by atoms with van der Waals surface area (Å²) < 4.78 is 0. The molecule has 0 aliphatic rings. The van der Waals surface area contributed by atoms with Gasteiger partial charge in [0.25, 0.3) is 0 Å². The molecule has 0 radical (unpaired) electrons. The van der Waals surface area contributed by atoms with Crippen molar-refractivity contribution in [3.8, 4) is 0 Å². The predicted octanol–water partition coefficient (Wildman–Crippen LogP) is 3.73. The van der Waals surface area contributed by atoms with E-state index in [0.717, 1.165) is 11.5 Å². The van der Waals surface area contributed by atoms with E-state index in [1.54, 1.807) is 6.08 Å². The van der Waals surface area contributed by atoms with E-state index in [0.29, 0.717) is 0 Å². The van der Waals surface area contributed by atoms with Gasteiger partial charge in [0.15, 0.2) is 0 Å². The average molecular weight is 159 g/mol. The van der Waals surface area contributed by atoms with Gasteiger partial charge in [-0.3, -0.25) is 0 Å². The van der Waals surface area contributed by atoms with Crippen molar-refractivity contribution < 1.29 is 0 Å². The largest absolute Gasteiger partial charge is 0.0976 e. The molecule has 0 saturated carbocycles. The molecule has 0 unspecified atom stereocenters. The lowest BCUT2D eigenvalue weighted by atomic mass is 9.90. The van der Waals surface area contributed by atoms with E-state index in [2.05, 4.69) is 27.4 Å². The molecule has 0 amide bonds. The second-order valence-electron chi connectivity index (χ2n) is 3.08. The Bertz CT molecular complexity index is 143. The molecule has 0 rings (SSSR count). The lowest BCUT2D eigenvalue weighted by molar-refractivity contribution is 0.461. The van der Waals surface area contributed by atoms with Gasteiger partial charge in [-0.25, -0.2) is 0 Å². The van der Waals surface area contributed by atoms with Gasteiger partial charge in [0.05, 0.1) is 0 Å². The van der Waals surface area contributed by atoms with Gasteiger partial charge in [-0.15, -0.1) is 0 Å². The first-order chi connectivity index (χ1) is 4.52. The number of hydrogen-bond acceptors (Lipinski definition) is 0. The van der Waals surface area contributed by atoms with Crippen molar-refractivity contribution in [3.63, 3.8) is 0 Å². The maximum absolute atomic E-state index is 5.77. The molecule has 0 N–H and O–H groups in total. The summed E-state index contributed by atoms with van der Waals surface area (Å²) >= 11 is 5.77. The molecule has 1 heteroatoms. The Balaban J connectivity index is 4.22. The standard InChI is InChI=1S/C9H15Cl/c1-5-8(10)7-9(3,4)6-2/h5,7H,1,6H2,2-4H3. The Morgan fingerprint density at radius 2 is 2.10 bits per heavy atom. The van der Waals surface area contributed by atoms with Crippen molar-refractivity contribution in [1.82, 2.24) is 0 Å². The van der Waals surface area contributed by atoms with E-state index < -0.39 is 0 Å². The van der Waals surface area contributed by atoms with Crippen LogP contribution in [0.3, 0.4) is 0 Å². The third kappa shape index (κ3) is 3.73. The highest BCUT2D eigenvalue weighted by atomic mass is 35.5. The zero-order valence-electron chi connectivity index (χ0n) is 6.95. The van der Waals surface area contributed by atoms with Crippen LogP contribution < -0.4 is 0 Å². The highest BCUT2D eigenvalue weighted by Crippen LogP contribution is 2.24. The van der Waals surface area contributed by atoms with Gasteiger partial charge < -0.3 is 0 Å². The van der Waals surface area contributed by atoms with Crippen LogP contribution in [-0.2, 0) is 0 Å². The highest BCUT2D eigenvalue weighted by molar-refractivity contribution is 6.31. The minimum atomic E-state index is 0.200. The summed E-state index contributed by atoms with van der Waals surface area (Å²) in [6.45, 7) is 10.0. The Hall–Kier alpha value is -0.230. The molecule has 0 fully saturated rings. The lowest BCUT2D eigenvalue weighted by Gasteiger charge is -2.16. The zero-order chi connectivity index (χ0) is 8.20. The number of hydrogen-bond donors (Lipinski definition) is 0. The lowest BCUT2D eigenvalue weighted by Crippen LogP contribution is -2.04. The van der Waals surface area contributed by atoms with Crippen molar-refractivity contribution in [2.45, 2.75) is 27.2 Å². The van der Waals surface area contributed by atoms with Crippen LogP contribution in [0, 0.1) is 5.41 Å². The Labute approximate surface area is 68.6 Å². The van der Waals surface area contributed by atoms with Gasteiger partial charge in [-0.2, -0.15) is 0 Å². The first kappa shape index (κ1) is 9.77. The summed E-state index contributed by atoms with van der Waals surface area (Å²) in [5, 5.41) is 0.742. The van der Waals surface area contributed by atoms with E-state index in [1.165, 1.54) is 0 Å². The fourth-order valence-electron chi connectivity index (χ4n) is 0.534. The van der Waals surface area contributed by atoms with Gasteiger partial charge >= 0.3 is 0 Å². The van der Waals surface area contributed by atoms with Gasteiger partial charge in [-0.1, -0.05) is 51.1 Å². The molecule has 0 aromatic rings. The predicted molar refractivity (Wildman–Crippen MR) is 48.2 cm³/mol. The Kier molecular flexibility index (Phi) is 3.73. The maximum Gasteiger partial charge on any atom is 0.0365 e. The van der Waals surface area contributed by atoms with Gasteiger partial charge in [0.1, 0.15) is 0 Å². The minimum Gasteiger partial charge on any atom is -0.0976 e. The van der Waals surface area contributed by atoms with Gasteiger partial charge in [-0.05, 0) is 11.8 Å². The van der Waals surface area contributed by atoms with Crippen LogP contribution in [0.2, 0.25) is 0 Å². The molecule has 0 aromatic carbocycles. The van der Waals surface area contributed by atoms with E-state index in [-0.39, 0.29) is 5.41 Å². The van der Waals surface area contributed by atoms with Gasteiger partial charge in [0, 0.05) is 5.03 Å². The summed E-state index contributed by atoms with van der Waals surface area (Å²) in [5.74, 6) is 0. The summed E-state index contributed by atoms with van der Waals surface area (Å²) in [6, 6.07) is 0. The first-order valence-corrected chi connectivity index (χ1v) is 3.90. The Morgan fingerprint density at radius 3 is 2.40 bits per heavy atom. The van der Waals surface area contributed by atoms with E-state index >= 15 is 0 Å². The van der Waals surface area contributed by atoms with Crippen molar-refractivity contribution >= 4 is 11.6 Å². The van der Waals surface area contributed by atoms with Crippen LogP contribution >= 0.6 is 11.6 Å². The zero-order valence-corrected chi connectivity index (χ0v) is 7.70.